The van der Waals surface area contributed by atoms with Crippen molar-refractivity contribution in [1.29, 1.82) is 0 Å². The summed E-state index contributed by atoms with van der Waals surface area (Å²) >= 11 is 0. The van der Waals surface area contributed by atoms with Crippen LogP contribution >= 0.6 is 0 Å². The number of hydrazine groups is 1. The first-order valence-corrected chi connectivity index (χ1v) is 9.68. The molecule has 0 bridgehead atoms. The minimum absolute atomic E-state index is 0.124. The van der Waals surface area contributed by atoms with Gasteiger partial charge in [-0.2, -0.15) is 18.2 Å². The molecule has 2 N–H and O–H groups in total. The van der Waals surface area contributed by atoms with E-state index in [-0.39, 0.29) is 32.7 Å². The van der Waals surface area contributed by atoms with Crippen molar-refractivity contribution in [3.63, 3.8) is 0 Å². The number of urea groups is 1. The molecule has 30 heavy (non-hydrogen) atoms. The highest BCUT2D eigenvalue weighted by atomic mass is 19.4. The van der Waals surface area contributed by atoms with Gasteiger partial charge in [-0.25, -0.2) is 4.79 Å². The number of hydrogen-bond acceptors (Lipinski definition) is 5. The fraction of sp³-hybridized carbons (Fsp3) is 0.526. The van der Waals surface area contributed by atoms with Crippen molar-refractivity contribution in [2.45, 2.75) is 25.1 Å². The maximum absolute atomic E-state index is 13.0. The summed E-state index contributed by atoms with van der Waals surface area (Å²) in [7, 11) is 0. The van der Waals surface area contributed by atoms with Crippen molar-refractivity contribution in [3.05, 3.63) is 35.9 Å². The summed E-state index contributed by atoms with van der Waals surface area (Å²) < 4.78 is 37.4. The number of rotatable bonds is 6. The van der Waals surface area contributed by atoms with Crippen LogP contribution in [0.5, 0.6) is 0 Å². The Hall–Kier alpha value is -2.66. The van der Waals surface area contributed by atoms with Crippen LogP contribution in [0.4, 0.5) is 18.0 Å². The molecule has 1 aromatic rings. The number of alkyl halides is 3. The van der Waals surface area contributed by atoms with Gasteiger partial charge in [0.05, 0.1) is 13.1 Å². The van der Waals surface area contributed by atoms with E-state index in [0.717, 1.165) is 0 Å². The first kappa shape index (κ1) is 22.0. The predicted molar refractivity (Wildman–Crippen MR) is 101 cm³/mol. The van der Waals surface area contributed by atoms with Gasteiger partial charge in [-0.1, -0.05) is 37.3 Å². The van der Waals surface area contributed by atoms with Gasteiger partial charge in [0.2, 0.25) is 0 Å². The summed E-state index contributed by atoms with van der Waals surface area (Å²) in [6.45, 7) is 1.59. The summed E-state index contributed by atoms with van der Waals surface area (Å²) in [6, 6.07) is 8.04. The first-order valence-electron chi connectivity index (χ1n) is 9.68. The lowest BCUT2D eigenvalue weighted by Crippen LogP contribution is -2.54. The Kier molecular flexibility index (Phi) is 6.32. The third kappa shape index (κ3) is 4.73. The summed E-state index contributed by atoms with van der Waals surface area (Å²) in [5.41, 5.74) is 1.69. The van der Waals surface area contributed by atoms with Crippen LogP contribution < -0.4 is 10.7 Å². The molecule has 0 spiro atoms. The van der Waals surface area contributed by atoms with Crippen LogP contribution in [0.2, 0.25) is 0 Å². The van der Waals surface area contributed by atoms with E-state index in [1.165, 1.54) is 4.90 Å². The third-order valence-electron chi connectivity index (χ3n) is 5.36. The van der Waals surface area contributed by atoms with E-state index in [4.69, 9.17) is 0 Å². The highest BCUT2D eigenvalue weighted by Gasteiger charge is 2.52. The molecule has 1 aromatic carbocycles. The van der Waals surface area contributed by atoms with Crippen molar-refractivity contribution in [1.82, 2.24) is 25.6 Å². The first-order chi connectivity index (χ1) is 14.1. The van der Waals surface area contributed by atoms with Crippen molar-refractivity contribution in [2.75, 3.05) is 39.3 Å². The zero-order chi connectivity index (χ0) is 21.9. The van der Waals surface area contributed by atoms with Crippen molar-refractivity contribution in [2.24, 2.45) is 0 Å². The van der Waals surface area contributed by atoms with Crippen LogP contribution in [0.3, 0.4) is 0 Å². The second-order valence-electron chi connectivity index (χ2n) is 7.40. The number of benzene rings is 1. The van der Waals surface area contributed by atoms with E-state index in [0.29, 0.717) is 17.0 Å². The van der Waals surface area contributed by atoms with Gasteiger partial charge in [-0.3, -0.25) is 24.8 Å². The Labute approximate surface area is 171 Å². The molecule has 164 valence electrons. The van der Waals surface area contributed by atoms with Gasteiger partial charge in [0, 0.05) is 26.2 Å². The zero-order valence-corrected chi connectivity index (χ0v) is 16.5. The maximum atomic E-state index is 13.0. The second kappa shape index (κ2) is 8.60. The average Bonchev–Trinajstić information content (AvgIpc) is 2.94. The molecule has 11 heteroatoms. The molecule has 0 radical (unpaired) electrons. The number of amides is 4. The lowest BCUT2D eigenvalue weighted by atomic mass is 9.87. The molecule has 0 aromatic heterocycles. The fourth-order valence-corrected chi connectivity index (χ4v) is 3.76. The standard InChI is InChI=1S/C19H24F3N5O3/c1-2-18(14-6-4-3-5-7-14)16(29)27(17(30)23-18)24-15(28)12-25-8-10-26(11-9-25)13-19(20,21)22/h3-7H,2,8-13H2,1H3,(H,23,30)(H,24,28). The molecule has 2 saturated heterocycles. The number of nitrogens with zero attached hydrogens (tertiary/aromatic N) is 3. The Bertz CT molecular complexity index is 796. The van der Waals surface area contributed by atoms with E-state index in [2.05, 4.69) is 10.7 Å². The largest absolute Gasteiger partial charge is 0.401 e. The minimum Gasteiger partial charge on any atom is -0.318 e. The molecule has 8 nitrogen and oxygen atoms in total. The van der Waals surface area contributed by atoms with Crippen molar-refractivity contribution in [3.8, 4) is 0 Å². The lowest BCUT2D eigenvalue weighted by molar-refractivity contribution is -0.150. The number of carbonyl (C=O) groups excluding carboxylic acids is 3. The van der Waals surface area contributed by atoms with Crippen LogP contribution in [0.25, 0.3) is 0 Å². The summed E-state index contributed by atoms with van der Waals surface area (Å²) in [5.74, 6) is -1.16. The molecule has 4 amide bonds. The molecule has 2 aliphatic rings. The number of halogens is 3. The quantitative estimate of drug-likeness (QED) is 0.664. The minimum atomic E-state index is -4.26. The molecule has 1 unspecified atom stereocenters. The number of imide groups is 1. The predicted octanol–water partition coefficient (Wildman–Crippen LogP) is 1.05. The van der Waals surface area contributed by atoms with Gasteiger partial charge in [0.15, 0.2) is 0 Å². The van der Waals surface area contributed by atoms with Gasteiger partial charge >= 0.3 is 12.2 Å². The Morgan fingerprint density at radius 2 is 1.70 bits per heavy atom. The van der Waals surface area contributed by atoms with Crippen LogP contribution in [0.1, 0.15) is 18.9 Å². The Morgan fingerprint density at radius 3 is 2.27 bits per heavy atom. The Balaban J connectivity index is 1.57. The number of hydrogen-bond donors (Lipinski definition) is 2. The zero-order valence-electron chi connectivity index (χ0n) is 16.5. The van der Waals surface area contributed by atoms with Crippen LogP contribution in [-0.2, 0) is 15.1 Å². The number of carbonyl (C=O) groups is 3. The molecule has 1 atom stereocenters. The molecule has 0 saturated carbocycles. The number of nitrogens with one attached hydrogen (secondary N) is 2. The summed E-state index contributed by atoms with van der Waals surface area (Å²) in [6.07, 6.45) is -3.96. The molecule has 2 heterocycles. The average molecular weight is 427 g/mol. The molecule has 3 rings (SSSR count). The molecule has 0 aliphatic carbocycles. The topological polar surface area (TPSA) is 85.0 Å². The van der Waals surface area contributed by atoms with E-state index in [9.17, 15) is 27.6 Å². The van der Waals surface area contributed by atoms with Gasteiger partial charge in [-0.05, 0) is 12.0 Å². The monoisotopic (exact) mass is 427 g/mol. The number of piperazine rings is 1. The normalized spacial score (nSPS) is 23.5. The highest BCUT2D eigenvalue weighted by molar-refractivity contribution is 6.08. The van der Waals surface area contributed by atoms with Gasteiger partial charge in [0.25, 0.3) is 11.8 Å². The summed E-state index contributed by atoms with van der Waals surface area (Å²) in [4.78, 5) is 40.7. The van der Waals surface area contributed by atoms with Crippen LogP contribution in [0.15, 0.2) is 30.3 Å². The van der Waals surface area contributed by atoms with Crippen molar-refractivity contribution < 1.29 is 27.6 Å². The van der Waals surface area contributed by atoms with Crippen LogP contribution in [0, 0.1) is 0 Å². The van der Waals surface area contributed by atoms with Crippen molar-refractivity contribution >= 4 is 17.8 Å². The fourth-order valence-electron chi connectivity index (χ4n) is 3.76. The summed E-state index contributed by atoms with van der Waals surface area (Å²) in [5, 5.41) is 3.34. The van der Waals surface area contributed by atoms with E-state index < -0.39 is 36.1 Å². The second-order valence-corrected chi connectivity index (χ2v) is 7.40. The van der Waals surface area contributed by atoms with E-state index in [1.807, 2.05) is 0 Å². The van der Waals surface area contributed by atoms with E-state index >= 15 is 0 Å². The van der Waals surface area contributed by atoms with Gasteiger partial charge in [-0.15, -0.1) is 0 Å². The Morgan fingerprint density at radius 1 is 1.10 bits per heavy atom. The van der Waals surface area contributed by atoms with E-state index in [1.54, 1.807) is 42.2 Å². The third-order valence-corrected chi connectivity index (χ3v) is 5.36. The maximum Gasteiger partial charge on any atom is 0.401 e. The van der Waals surface area contributed by atoms with Gasteiger partial charge in [0.1, 0.15) is 5.54 Å². The SMILES string of the molecule is CCC1(c2ccccc2)NC(=O)N(NC(=O)CN2CCN(CC(F)(F)F)CC2)C1=O. The molecule has 2 aliphatic heterocycles. The smallest absolute Gasteiger partial charge is 0.318 e. The highest BCUT2D eigenvalue weighted by Crippen LogP contribution is 2.31. The lowest BCUT2D eigenvalue weighted by Gasteiger charge is -2.34. The molecular formula is C19H24F3N5O3. The molecular weight excluding hydrogens is 403 g/mol. The van der Waals surface area contributed by atoms with Gasteiger partial charge < -0.3 is 5.32 Å². The van der Waals surface area contributed by atoms with Crippen LogP contribution in [-0.4, -0.2) is 78.1 Å². The molecule has 2 fully saturated rings.